The molecule has 2 aliphatic carbocycles. The number of ether oxygens (including phenoxy) is 4. The van der Waals surface area contributed by atoms with Crippen LogP contribution in [-0.4, -0.2) is 78.2 Å². The van der Waals surface area contributed by atoms with Gasteiger partial charge in [-0.2, -0.15) is 0 Å². The lowest BCUT2D eigenvalue weighted by molar-refractivity contribution is -0.149. The molecule has 3 fully saturated rings. The zero-order valence-electron chi connectivity index (χ0n) is 28.8. The summed E-state index contributed by atoms with van der Waals surface area (Å²) in [5.41, 5.74) is 4.75. The highest BCUT2D eigenvalue weighted by atomic mass is 28.3. The standard InChI is InChI=1S/C35H49N5O7Si/c1-22-29(33(41)38-25-9-11-26(12-10-25)39-34(42)43)31-32(40(22)21-44-16-17-48(3,4)5)30(36-20-37-31)27-18-24(35(2)46-14-15-47-35)8-13-28(27)45-19-23-6-7-23/h8,13,18,20,23,25-26,39H,6-7,9-12,14-17,19,21H2,1-5H3,(H,38,41)(H,42,43). The van der Waals surface area contributed by atoms with Gasteiger partial charge in [-0.3, -0.25) is 4.79 Å². The second-order valence-electron chi connectivity index (χ2n) is 14.7. The minimum Gasteiger partial charge on any atom is -0.493 e. The van der Waals surface area contributed by atoms with Crippen molar-refractivity contribution in [3.05, 3.63) is 41.3 Å². The summed E-state index contributed by atoms with van der Waals surface area (Å²) in [7, 11) is -1.33. The molecule has 2 saturated carbocycles. The van der Waals surface area contributed by atoms with Gasteiger partial charge in [0, 0.05) is 43.6 Å². The van der Waals surface area contributed by atoms with Crippen LogP contribution in [-0.2, 0) is 26.7 Å². The number of nitrogens with one attached hydrogen (secondary N) is 2. The molecule has 0 bridgehead atoms. The topological polar surface area (TPSA) is 146 Å². The number of carbonyl (C=O) groups excluding carboxylic acids is 1. The molecule has 13 heteroatoms. The first-order valence-corrected chi connectivity index (χ1v) is 20.9. The molecule has 3 heterocycles. The highest BCUT2D eigenvalue weighted by molar-refractivity contribution is 6.76. The van der Waals surface area contributed by atoms with Crippen molar-refractivity contribution in [2.45, 2.75) is 103 Å². The Morgan fingerprint density at radius 1 is 1.04 bits per heavy atom. The molecule has 1 aliphatic heterocycles. The van der Waals surface area contributed by atoms with Crippen molar-refractivity contribution in [3.8, 4) is 17.0 Å². The number of benzene rings is 1. The number of fused-ring (bicyclic) bond motifs is 1. The Labute approximate surface area is 282 Å². The van der Waals surface area contributed by atoms with Crippen molar-refractivity contribution < 1.29 is 33.6 Å². The van der Waals surface area contributed by atoms with Crippen LogP contribution in [0.25, 0.3) is 22.3 Å². The summed E-state index contributed by atoms with van der Waals surface area (Å²) in [6, 6.07) is 6.82. The van der Waals surface area contributed by atoms with Crippen molar-refractivity contribution >= 4 is 31.1 Å². The average molecular weight is 680 g/mol. The largest absolute Gasteiger partial charge is 0.493 e. The molecule has 1 aromatic carbocycles. The summed E-state index contributed by atoms with van der Waals surface area (Å²) < 4.78 is 26.7. The monoisotopic (exact) mass is 679 g/mol. The molecule has 3 N–H and O–H groups in total. The number of hydrogen-bond acceptors (Lipinski definition) is 8. The van der Waals surface area contributed by atoms with E-state index in [1.165, 1.54) is 6.33 Å². The molecule has 3 aliphatic rings. The lowest BCUT2D eigenvalue weighted by atomic mass is 9.91. The zero-order valence-corrected chi connectivity index (χ0v) is 29.8. The molecule has 0 unspecified atom stereocenters. The summed E-state index contributed by atoms with van der Waals surface area (Å²) in [5.74, 6) is 0.155. The van der Waals surface area contributed by atoms with Gasteiger partial charge in [0.2, 0.25) is 0 Å². The Bertz CT molecular complexity index is 1640. The summed E-state index contributed by atoms with van der Waals surface area (Å²) in [6.07, 6.45) is 5.53. The number of rotatable bonds is 13. The van der Waals surface area contributed by atoms with Crippen LogP contribution in [0.2, 0.25) is 25.7 Å². The van der Waals surface area contributed by atoms with E-state index in [2.05, 4.69) is 30.3 Å². The third kappa shape index (κ3) is 7.85. The van der Waals surface area contributed by atoms with Gasteiger partial charge in [0.25, 0.3) is 5.91 Å². The molecule has 0 atom stereocenters. The number of hydrogen-bond donors (Lipinski definition) is 3. The SMILES string of the molecule is Cc1c(C(=O)NC2CCC(NC(=O)O)CC2)c2ncnc(-c3cc(C4(C)OCCO4)ccc3OCC3CC3)c2n1COCC[Si](C)(C)C. The highest BCUT2D eigenvalue weighted by Gasteiger charge is 2.35. The van der Waals surface area contributed by atoms with Gasteiger partial charge in [-0.25, -0.2) is 14.8 Å². The van der Waals surface area contributed by atoms with E-state index >= 15 is 0 Å². The number of amides is 2. The van der Waals surface area contributed by atoms with Crippen molar-refractivity contribution in [1.82, 2.24) is 25.2 Å². The molecule has 260 valence electrons. The lowest BCUT2D eigenvalue weighted by Gasteiger charge is -2.28. The fraction of sp³-hybridized carbons (Fsp3) is 0.600. The van der Waals surface area contributed by atoms with E-state index in [4.69, 9.17) is 34.0 Å². The predicted molar refractivity (Wildman–Crippen MR) is 184 cm³/mol. The van der Waals surface area contributed by atoms with Crippen LogP contribution in [0.1, 0.15) is 67.1 Å². The minimum atomic E-state index is -1.33. The van der Waals surface area contributed by atoms with Gasteiger partial charge in [-0.15, -0.1) is 0 Å². The van der Waals surface area contributed by atoms with Crippen LogP contribution in [0, 0.1) is 12.8 Å². The predicted octanol–water partition coefficient (Wildman–Crippen LogP) is 6.04. The van der Waals surface area contributed by atoms with Crippen LogP contribution in [0.4, 0.5) is 4.79 Å². The molecule has 48 heavy (non-hydrogen) atoms. The molecule has 0 spiro atoms. The number of carboxylic acid groups (broad SMARTS) is 1. The fourth-order valence-corrected chi connectivity index (χ4v) is 7.32. The van der Waals surface area contributed by atoms with Crippen molar-refractivity contribution in [2.75, 3.05) is 26.4 Å². The molecule has 12 nitrogen and oxygen atoms in total. The van der Waals surface area contributed by atoms with E-state index in [9.17, 15) is 9.59 Å². The summed E-state index contributed by atoms with van der Waals surface area (Å²) in [4.78, 5) is 34.7. The van der Waals surface area contributed by atoms with E-state index in [1.54, 1.807) is 0 Å². The summed E-state index contributed by atoms with van der Waals surface area (Å²) >= 11 is 0. The van der Waals surface area contributed by atoms with Gasteiger partial charge in [0.05, 0.1) is 30.9 Å². The first kappa shape index (κ1) is 34.3. The maximum Gasteiger partial charge on any atom is 0.404 e. The third-order valence-electron chi connectivity index (χ3n) is 9.70. The molecule has 3 aromatic rings. The maximum atomic E-state index is 14.1. The number of carbonyl (C=O) groups is 2. The van der Waals surface area contributed by atoms with E-state index < -0.39 is 20.0 Å². The third-order valence-corrected chi connectivity index (χ3v) is 11.4. The van der Waals surface area contributed by atoms with Crippen LogP contribution >= 0.6 is 0 Å². The van der Waals surface area contributed by atoms with Crippen LogP contribution in [0.3, 0.4) is 0 Å². The zero-order chi connectivity index (χ0) is 34.1. The molecule has 6 rings (SSSR count). The Kier molecular flexibility index (Phi) is 10.1. The maximum absolute atomic E-state index is 14.1. The van der Waals surface area contributed by atoms with Crippen LogP contribution in [0.5, 0.6) is 5.75 Å². The first-order chi connectivity index (χ1) is 22.9. The summed E-state index contributed by atoms with van der Waals surface area (Å²) in [6.45, 7) is 13.3. The van der Waals surface area contributed by atoms with Crippen LogP contribution in [0.15, 0.2) is 24.5 Å². The normalized spacial score (nSPS) is 20.9. The van der Waals surface area contributed by atoms with Crippen molar-refractivity contribution in [1.29, 1.82) is 0 Å². The number of nitrogens with zero attached hydrogens (tertiary/aromatic N) is 3. The second kappa shape index (κ2) is 14.1. The quantitative estimate of drug-likeness (QED) is 0.145. The number of aromatic nitrogens is 3. The van der Waals surface area contributed by atoms with E-state index in [0.29, 0.717) is 86.1 Å². The van der Waals surface area contributed by atoms with Gasteiger partial charge in [0.1, 0.15) is 30.0 Å². The molecule has 1 saturated heterocycles. The van der Waals surface area contributed by atoms with E-state index in [-0.39, 0.29) is 24.7 Å². The lowest BCUT2D eigenvalue weighted by Crippen LogP contribution is -2.43. The van der Waals surface area contributed by atoms with Gasteiger partial charge in [-0.1, -0.05) is 19.6 Å². The Morgan fingerprint density at radius 2 is 1.73 bits per heavy atom. The van der Waals surface area contributed by atoms with E-state index in [1.807, 2.05) is 36.6 Å². The second-order valence-corrected chi connectivity index (χ2v) is 20.4. The Morgan fingerprint density at radius 3 is 2.38 bits per heavy atom. The van der Waals surface area contributed by atoms with Gasteiger partial charge in [-0.05, 0) is 82.5 Å². The summed E-state index contributed by atoms with van der Waals surface area (Å²) in [5, 5.41) is 14.9. The van der Waals surface area contributed by atoms with Gasteiger partial charge >= 0.3 is 6.09 Å². The van der Waals surface area contributed by atoms with Crippen molar-refractivity contribution in [2.24, 2.45) is 5.92 Å². The fourth-order valence-electron chi connectivity index (χ4n) is 6.57. The van der Waals surface area contributed by atoms with Crippen molar-refractivity contribution in [3.63, 3.8) is 0 Å². The molecule has 2 aromatic heterocycles. The molecular weight excluding hydrogens is 630 g/mol. The van der Waals surface area contributed by atoms with Crippen LogP contribution < -0.4 is 15.4 Å². The Balaban J connectivity index is 1.39. The van der Waals surface area contributed by atoms with Gasteiger partial charge < -0.3 is 39.3 Å². The van der Waals surface area contributed by atoms with Gasteiger partial charge in [0.15, 0.2) is 5.79 Å². The molecule has 0 radical (unpaired) electrons. The first-order valence-electron chi connectivity index (χ1n) is 17.2. The molecule has 2 amide bonds. The highest BCUT2D eigenvalue weighted by Crippen LogP contribution is 2.41. The van der Waals surface area contributed by atoms with E-state index in [0.717, 1.165) is 35.7 Å². The minimum absolute atomic E-state index is 0.0669. The average Bonchev–Trinajstić information content (AvgIpc) is 3.69. The smallest absolute Gasteiger partial charge is 0.404 e. The molecular formula is C35H49N5O7Si. The Hall–Kier alpha value is -3.52.